The number of nitriles is 1. The van der Waals surface area contributed by atoms with E-state index in [1.54, 1.807) is 39.1 Å². The summed E-state index contributed by atoms with van der Waals surface area (Å²) in [4.78, 5) is 33.7. The lowest BCUT2D eigenvalue weighted by atomic mass is 9.99. The first-order valence-electron chi connectivity index (χ1n) is 15.6. The summed E-state index contributed by atoms with van der Waals surface area (Å²) in [5.41, 5.74) is 5.01. The number of nitrogens with zero attached hydrogens (tertiary/aromatic N) is 10. The van der Waals surface area contributed by atoms with Crippen molar-refractivity contribution in [2.45, 2.75) is 39.0 Å². The maximum absolute atomic E-state index is 13.8. The van der Waals surface area contributed by atoms with E-state index < -0.39 is 0 Å². The molecule has 5 aromatic rings. The maximum Gasteiger partial charge on any atom is 0.255 e. The molecule has 0 saturated carbocycles. The molecular formula is C36H38N10O. The van der Waals surface area contributed by atoms with Crippen molar-refractivity contribution in [3.8, 4) is 28.5 Å². The molecule has 0 N–H and O–H groups in total. The fraction of sp³-hybridized carbons (Fsp3) is 0.278. The smallest absolute Gasteiger partial charge is 0.255 e. The summed E-state index contributed by atoms with van der Waals surface area (Å²) in [7, 11) is 3.68. The lowest BCUT2D eigenvalue weighted by molar-refractivity contribution is -0.115. The van der Waals surface area contributed by atoms with Gasteiger partial charge in [0.2, 0.25) is 5.95 Å². The fourth-order valence-electron chi connectivity index (χ4n) is 5.34. The quantitative estimate of drug-likeness (QED) is 0.105. The first-order valence-corrected chi connectivity index (χ1v) is 15.6. The molecule has 0 saturated heterocycles. The van der Waals surface area contributed by atoms with Crippen LogP contribution in [0.4, 0.5) is 11.8 Å². The summed E-state index contributed by atoms with van der Waals surface area (Å²) in [5, 5.41) is 18.0. The number of hydrogen-bond acceptors (Lipinski definition) is 8. The third-order valence-corrected chi connectivity index (χ3v) is 7.76. The van der Waals surface area contributed by atoms with Crippen molar-refractivity contribution in [3.05, 3.63) is 103 Å². The molecule has 238 valence electrons. The van der Waals surface area contributed by atoms with Gasteiger partial charge in [0, 0.05) is 74.1 Å². The van der Waals surface area contributed by atoms with Crippen LogP contribution in [-0.2, 0) is 25.3 Å². The Bertz CT molecular complexity index is 1880. The standard InChI is InChI=1S/C36H38N10O/c1-5-10-28(19-39-36-40-21-30(18-37)34(43-36)32-23-42-45(4)25-32)13-9-16-46(35(47)26(2)17-27-11-7-6-8-12-27)33-15-14-29(20-38-33)31-22-41-44(3)24-31/h6-8,11-12,14-15,19-25,28H,2,5,9-10,13,16-17H2,1,3-4H3/b39-19-. The molecule has 0 aliphatic carbocycles. The molecule has 0 spiro atoms. The van der Waals surface area contributed by atoms with Gasteiger partial charge >= 0.3 is 0 Å². The SMILES string of the molecule is C=C(Cc1ccccc1)C(=O)N(CCCC(/C=N\c1ncc(C#N)c(-c2cnn(C)c2)n1)CCC)c1ccc(-c2cnn(C)c2)cn1. The Labute approximate surface area is 275 Å². The van der Waals surface area contributed by atoms with Crippen molar-refractivity contribution in [1.82, 2.24) is 34.5 Å². The Hall–Kier alpha value is -5.76. The van der Waals surface area contributed by atoms with Gasteiger partial charge in [-0.2, -0.15) is 15.5 Å². The molecule has 0 radical (unpaired) electrons. The Balaban J connectivity index is 1.31. The van der Waals surface area contributed by atoms with Gasteiger partial charge in [0.1, 0.15) is 11.9 Å². The second-order valence-corrected chi connectivity index (χ2v) is 11.4. The van der Waals surface area contributed by atoms with E-state index in [0.29, 0.717) is 35.6 Å². The summed E-state index contributed by atoms with van der Waals surface area (Å²) >= 11 is 0. The molecule has 4 aromatic heterocycles. The minimum atomic E-state index is -0.148. The van der Waals surface area contributed by atoms with Crippen molar-refractivity contribution in [3.63, 3.8) is 0 Å². The predicted octanol–water partition coefficient (Wildman–Crippen LogP) is 6.28. The van der Waals surface area contributed by atoms with Crippen LogP contribution in [0.3, 0.4) is 0 Å². The van der Waals surface area contributed by atoms with Crippen molar-refractivity contribution in [2.75, 3.05) is 11.4 Å². The summed E-state index contributed by atoms with van der Waals surface area (Å²) in [5.74, 6) is 0.860. The first kappa shape index (κ1) is 32.6. The molecule has 0 aliphatic heterocycles. The van der Waals surface area contributed by atoms with Gasteiger partial charge in [-0.05, 0) is 42.9 Å². The van der Waals surface area contributed by atoms with Gasteiger partial charge in [0.15, 0.2) is 0 Å². The average Bonchev–Trinajstić information content (AvgIpc) is 3.73. The Morgan fingerprint density at radius 3 is 2.36 bits per heavy atom. The number of anilines is 1. The van der Waals surface area contributed by atoms with Gasteiger partial charge in [-0.1, -0.05) is 50.3 Å². The third-order valence-electron chi connectivity index (χ3n) is 7.76. The average molecular weight is 627 g/mol. The highest BCUT2D eigenvalue weighted by atomic mass is 16.2. The summed E-state index contributed by atoms with van der Waals surface area (Å²) in [6.45, 7) is 6.76. The van der Waals surface area contributed by atoms with Crippen molar-refractivity contribution >= 4 is 23.9 Å². The molecular weight excluding hydrogens is 588 g/mol. The van der Waals surface area contributed by atoms with Crippen molar-refractivity contribution in [1.29, 1.82) is 5.26 Å². The Kier molecular flexibility index (Phi) is 10.8. The van der Waals surface area contributed by atoms with E-state index in [4.69, 9.17) is 0 Å². The number of pyridine rings is 1. The fourth-order valence-corrected chi connectivity index (χ4v) is 5.34. The number of amides is 1. The van der Waals surface area contributed by atoms with Gasteiger partial charge < -0.3 is 0 Å². The zero-order valence-corrected chi connectivity index (χ0v) is 27.0. The highest BCUT2D eigenvalue weighted by Crippen LogP contribution is 2.25. The van der Waals surface area contributed by atoms with Crippen LogP contribution in [0.25, 0.3) is 22.4 Å². The number of rotatable bonds is 14. The molecule has 0 bridgehead atoms. The largest absolute Gasteiger partial charge is 0.293 e. The number of hydrogen-bond donors (Lipinski definition) is 0. The Morgan fingerprint density at radius 1 is 0.979 bits per heavy atom. The predicted molar refractivity (Wildman–Crippen MR) is 183 cm³/mol. The van der Waals surface area contributed by atoms with E-state index in [9.17, 15) is 10.1 Å². The Morgan fingerprint density at radius 2 is 1.72 bits per heavy atom. The van der Waals surface area contributed by atoms with Crippen LogP contribution in [0.5, 0.6) is 0 Å². The van der Waals surface area contributed by atoms with Crippen LogP contribution in [0.15, 0.2) is 96.8 Å². The highest BCUT2D eigenvalue weighted by molar-refractivity contribution is 6.05. The van der Waals surface area contributed by atoms with E-state index >= 15 is 0 Å². The van der Waals surface area contributed by atoms with Gasteiger partial charge in [-0.15, -0.1) is 0 Å². The number of aryl methyl sites for hydroxylation is 2. The minimum absolute atomic E-state index is 0.145. The van der Waals surface area contributed by atoms with E-state index in [2.05, 4.69) is 49.7 Å². The van der Waals surface area contributed by atoms with Crippen LogP contribution < -0.4 is 4.90 Å². The molecule has 1 amide bonds. The number of aliphatic imine (C=N–C) groups is 1. The molecule has 0 fully saturated rings. The van der Waals surface area contributed by atoms with Crippen LogP contribution >= 0.6 is 0 Å². The maximum atomic E-state index is 13.8. The lowest BCUT2D eigenvalue weighted by Crippen LogP contribution is -2.34. The molecule has 11 heteroatoms. The second-order valence-electron chi connectivity index (χ2n) is 11.4. The third kappa shape index (κ3) is 8.49. The molecule has 47 heavy (non-hydrogen) atoms. The molecule has 5 rings (SSSR count). The molecule has 1 atom stereocenters. The summed E-state index contributed by atoms with van der Waals surface area (Å²) in [6, 6.07) is 15.9. The zero-order valence-electron chi connectivity index (χ0n) is 27.0. The molecule has 4 heterocycles. The van der Waals surface area contributed by atoms with Crippen LogP contribution in [0.1, 0.15) is 43.7 Å². The first-order chi connectivity index (χ1) is 22.8. The molecule has 1 aromatic carbocycles. The topological polar surface area (TPSA) is 131 Å². The molecule has 1 unspecified atom stereocenters. The van der Waals surface area contributed by atoms with Crippen molar-refractivity contribution in [2.24, 2.45) is 25.0 Å². The molecule has 11 nitrogen and oxygen atoms in total. The lowest BCUT2D eigenvalue weighted by Gasteiger charge is -2.24. The number of benzene rings is 1. The van der Waals surface area contributed by atoms with Crippen molar-refractivity contribution < 1.29 is 4.79 Å². The summed E-state index contributed by atoms with van der Waals surface area (Å²) < 4.78 is 3.41. The van der Waals surface area contributed by atoms with E-state index in [-0.39, 0.29) is 17.8 Å². The molecule has 0 aliphatic rings. The van der Waals surface area contributed by atoms with Crippen LogP contribution in [0, 0.1) is 17.2 Å². The monoisotopic (exact) mass is 626 g/mol. The van der Waals surface area contributed by atoms with Crippen LogP contribution in [0.2, 0.25) is 0 Å². The van der Waals surface area contributed by atoms with E-state index in [0.717, 1.165) is 47.9 Å². The number of aromatic nitrogens is 7. The summed E-state index contributed by atoms with van der Waals surface area (Å²) in [6.07, 6.45) is 16.2. The second kappa shape index (κ2) is 15.5. The van der Waals surface area contributed by atoms with Gasteiger partial charge in [-0.3, -0.25) is 19.1 Å². The number of carbonyl (C=O) groups excluding carboxylic acids is 1. The van der Waals surface area contributed by atoms with Crippen LogP contribution in [-0.4, -0.2) is 53.2 Å². The van der Waals surface area contributed by atoms with Gasteiger partial charge in [0.25, 0.3) is 5.91 Å². The normalized spacial score (nSPS) is 11.8. The zero-order chi connectivity index (χ0) is 33.2. The minimum Gasteiger partial charge on any atom is -0.293 e. The van der Waals surface area contributed by atoms with Gasteiger partial charge in [0.05, 0.1) is 29.8 Å². The van der Waals surface area contributed by atoms with Gasteiger partial charge in [-0.25, -0.2) is 19.9 Å². The highest BCUT2D eigenvalue weighted by Gasteiger charge is 2.21. The van der Waals surface area contributed by atoms with E-state index in [1.165, 1.54) is 6.20 Å². The van der Waals surface area contributed by atoms with E-state index in [1.807, 2.05) is 69.0 Å². The number of carbonyl (C=O) groups is 1.